The van der Waals surface area contributed by atoms with Crippen molar-refractivity contribution in [1.29, 1.82) is 0 Å². The number of rotatable bonds is 3. The standard InChI is InChI=1S/C12H18O4/c1-3-4-8-5-6-9(14)12(16)10(8)11(15)7(2)13/h3-6,8-12,14-16H,1-2H3/b4-3+/t8-,9+,10+,11-,12+/m0/s1. The summed E-state index contributed by atoms with van der Waals surface area (Å²) in [6.45, 7) is 3.09. The van der Waals surface area contributed by atoms with Gasteiger partial charge in [0.25, 0.3) is 0 Å². The van der Waals surface area contributed by atoms with Crippen molar-refractivity contribution in [3.8, 4) is 0 Å². The maximum atomic E-state index is 11.2. The second-order valence-electron chi connectivity index (χ2n) is 4.10. The molecule has 5 atom stereocenters. The first-order chi connectivity index (χ1) is 7.49. The average molecular weight is 226 g/mol. The van der Waals surface area contributed by atoms with Crippen LogP contribution < -0.4 is 0 Å². The van der Waals surface area contributed by atoms with Crippen LogP contribution in [0.1, 0.15) is 13.8 Å². The summed E-state index contributed by atoms with van der Waals surface area (Å²) in [5.74, 6) is -1.32. The van der Waals surface area contributed by atoms with E-state index in [0.717, 1.165) is 0 Å². The molecule has 4 nitrogen and oxygen atoms in total. The van der Waals surface area contributed by atoms with Gasteiger partial charge >= 0.3 is 0 Å². The Kier molecular flexibility index (Phi) is 4.41. The Hall–Kier alpha value is -0.970. The smallest absolute Gasteiger partial charge is 0.158 e. The third-order valence-electron chi connectivity index (χ3n) is 2.91. The normalized spacial score (nSPS) is 36.6. The van der Waals surface area contributed by atoms with Crippen LogP contribution >= 0.6 is 0 Å². The lowest BCUT2D eigenvalue weighted by atomic mass is 9.76. The number of aliphatic hydroxyl groups excluding tert-OH is 3. The molecule has 3 N–H and O–H groups in total. The second-order valence-corrected chi connectivity index (χ2v) is 4.10. The molecule has 90 valence electrons. The summed E-state index contributed by atoms with van der Waals surface area (Å²) in [6.07, 6.45) is 3.37. The first-order valence-electron chi connectivity index (χ1n) is 5.34. The molecule has 0 unspecified atom stereocenters. The topological polar surface area (TPSA) is 77.8 Å². The fourth-order valence-corrected chi connectivity index (χ4v) is 2.02. The lowest BCUT2D eigenvalue weighted by Gasteiger charge is -2.35. The number of aliphatic hydroxyl groups is 3. The molecule has 0 aromatic rings. The van der Waals surface area contributed by atoms with E-state index in [0.29, 0.717) is 0 Å². The van der Waals surface area contributed by atoms with Crippen molar-refractivity contribution >= 4 is 5.78 Å². The molecule has 0 fully saturated rings. The monoisotopic (exact) mass is 226 g/mol. The molecule has 0 saturated heterocycles. The highest BCUT2D eigenvalue weighted by atomic mass is 16.3. The summed E-state index contributed by atoms with van der Waals surface area (Å²) < 4.78 is 0. The minimum absolute atomic E-state index is 0.234. The van der Waals surface area contributed by atoms with Crippen LogP contribution in [-0.2, 0) is 4.79 Å². The number of hydrogen-bond acceptors (Lipinski definition) is 4. The molecule has 0 spiro atoms. The Balaban J connectivity index is 2.98. The molecule has 0 aromatic heterocycles. The van der Waals surface area contributed by atoms with Crippen molar-refractivity contribution in [3.63, 3.8) is 0 Å². The van der Waals surface area contributed by atoms with E-state index in [9.17, 15) is 20.1 Å². The molecular weight excluding hydrogens is 208 g/mol. The van der Waals surface area contributed by atoms with E-state index >= 15 is 0 Å². The third-order valence-corrected chi connectivity index (χ3v) is 2.91. The van der Waals surface area contributed by atoms with Gasteiger partial charge in [-0.25, -0.2) is 0 Å². The number of Topliss-reactive ketones (excluding diaryl/α,β-unsaturated/α-hetero) is 1. The van der Waals surface area contributed by atoms with Crippen LogP contribution in [0.5, 0.6) is 0 Å². The van der Waals surface area contributed by atoms with Gasteiger partial charge < -0.3 is 15.3 Å². The van der Waals surface area contributed by atoms with Crippen LogP contribution in [-0.4, -0.2) is 39.4 Å². The molecular formula is C12H18O4. The minimum Gasteiger partial charge on any atom is -0.390 e. The van der Waals surface area contributed by atoms with E-state index in [1.54, 1.807) is 18.2 Å². The lowest BCUT2D eigenvalue weighted by Crippen LogP contribution is -2.47. The lowest BCUT2D eigenvalue weighted by molar-refractivity contribution is -0.134. The van der Waals surface area contributed by atoms with Crippen LogP contribution in [0.15, 0.2) is 24.3 Å². The van der Waals surface area contributed by atoms with Gasteiger partial charge in [-0.2, -0.15) is 0 Å². The molecule has 0 saturated carbocycles. The van der Waals surface area contributed by atoms with Gasteiger partial charge in [-0.1, -0.05) is 24.3 Å². The Morgan fingerprint density at radius 3 is 2.50 bits per heavy atom. The van der Waals surface area contributed by atoms with Crippen LogP contribution in [0.4, 0.5) is 0 Å². The van der Waals surface area contributed by atoms with Gasteiger partial charge in [0, 0.05) is 11.8 Å². The molecule has 4 heteroatoms. The van der Waals surface area contributed by atoms with Crippen LogP contribution in [0, 0.1) is 11.8 Å². The molecule has 0 amide bonds. The molecule has 0 radical (unpaired) electrons. The largest absolute Gasteiger partial charge is 0.390 e. The molecule has 0 heterocycles. The van der Waals surface area contributed by atoms with Crippen molar-refractivity contribution in [1.82, 2.24) is 0 Å². The highest BCUT2D eigenvalue weighted by molar-refractivity contribution is 5.80. The van der Waals surface area contributed by atoms with E-state index in [-0.39, 0.29) is 5.92 Å². The Morgan fingerprint density at radius 1 is 1.38 bits per heavy atom. The SMILES string of the molecule is C/C=C/[C@H]1C=C[C@@H](O)[C@@H](O)[C@H]1[C@@H](O)C(C)=O. The van der Waals surface area contributed by atoms with Gasteiger partial charge in [-0.05, 0) is 13.8 Å². The maximum absolute atomic E-state index is 11.2. The van der Waals surface area contributed by atoms with E-state index in [1.165, 1.54) is 13.0 Å². The van der Waals surface area contributed by atoms with Crippen molar-refractivity contribution in [2.75, 3.05) is 0 Å². The van der Waals surface area contributed by atoms with Crippen molar-refractivity contribution in [2.45, 2.75) is 32.2 Å². The zero-order valence-electron chi connectivity index (χ0n) is 9.45. The van der Waals surface area contributed by atoms with Crippen molar-refractivity contribution in [2.24, 2.45) is 11.8 Å². The Morgan fingerprint density at radius 2 is 2.00 bits per heavy atom. The number of hydrogen-bond donors (Lipinski definition) is 3. The number of carbonyl (C=O) groups excluding carboxylic acids is 1. The fraction of sp³-hybridized carbons (Fsp3) is 0.583. The molecule has 0 aromatic carbocycles. The van der Waals surface area contributed by atoms with Crippen molar-refractivity contribution in [3.05, 3.63) is 24.3 Å². The third kappa shape index (κ3) is 2.58. The predicted molar refractivity (Wildman–Crippen MR) is 59.6 cm³/mol. The quantitative estimate of drug-likeness (QED) is 0.594. The summed E-state index contributed by atoms with van der Waals surface area (Å²) in [5, 5.41) is 29.0. The molecule has 0 bridgehead atoms. The maximum Gasteiger partial charge on any atom is 0.158 e. The summed E-state index contributed by atoms with van der Waals surface area (Å²) in [7, 11) is 0. The van der Waals surface area contributed by atoms with Crippen molar-refractivity contribution < 1.29 is 20.1 Å². The van der Waals surface area contributed by atoms with Crippen LogP contribution in [0.2, 0.25) is 0 Å². The summed E-state index contributed by atoms with van der Waals surface area (Å²) >= 11 is 0. The highest BCUT2D eigenvalue weighted by Gasteiger charge is 2.39. The summed E-state index contributed by atoms with van der Waals surface area (Å²) in [5.41, 5.74) is 0. The number of allylic oxidation sites excluding steroid dienone is 3. The van der Waals surface area contributed by atoms with E-state index in [1.807, 2.05) is 6.92 Å². The Bertz CT molecular complexity index is 308. The van der Waals surface area contributed by atoms with Crippen LogP contribution in [0.3, 0.4) is 0 Å². The second kappa shape index (κ2) is 5.39. The summed E-state index contributed by atoms with van der Waals surface area (Å²) in [4.78, 5) is 11.2. The van der Waals surface area contributed by atoms with E-state index in [2.05, 4.69) is 0 Å². The van der Waals surface area contributed by atoms with Gasteiger partial charge in [0.1, 0.15) is 6.10 Å². The molecule has 1 aliphatic carbocycles. The predicted octanol–water partition coefficient (Wildman–Crippen LogP) is 0.0364. The Labute approximate surface area is 94.9 Å². The van der Waals surface area contributed by atoms with Gasteiger partial charge in [-0.15, -0.1) is 0 Å². The number of ketones is 1. The average Bonchev–Trinajstić information content (AvgIpc) is 2.23. The van der Waals surface area contributed by atoms with Gasteiger partial charge in [-0.3, -0.25) is 4.79 Å². The van der Waals surface area contributed by atoms with Gasteiger partial charge in [0.2, 0.25) is 0 Å². The highest BCUT2D eigenvalue weighted by Crippen LogP contribution is 2.30. The first kappa shape index (κ1) is 13.1. The fourth-order valence-electron chi connectivity index (χ4n) is 2.02. The van der Waals surface area contributed by atoms with Gasteiger partial charge in [0.15, 0.2) is 5.78 Å². The van der Waals surface area contributed by atoms with E-state index < -0.39 is 30.0 Å². The minimum atomic E-state index is -1.25. The first-order valence-corrected chi connectivity index (χ1v) is 5.34. The molecule has 1 rings (SSSR count). The zero-order chi connectivity index (χ0) is 12.3. The number of carbonyl (C=O) groups is 1. The summed E-state index contributed by atoms with van der Waals surface area (Å²) in [6, 6.07) is 0. The molecule has 1 aliphatic rings. The molecule has 16 heavy (non-hydrogen) atoms. The zero-order valence-corrected chi connectivity index (χ0v) is 9.45. The van der Waals surface area contributed by atoms with E-state index in [4.69, 9.17) is 0 Å². The van der Waals surface area contributed by atoms with Crippen LogP contribution in [0.25, 0.3) is 0 Å². The van der Waals surface area contributed by atoms with Gasteiger partial charge in [0.05, 0.1) is 12.2 Å². The molecule has 0 aliphatic heterocycles.